The van der Waals surface area contributed by atoms with Crippen LogP contribution in [0.5, 0.6) is 0 Å². The van der Waals surface area contributed by atoms with Gasteiger partial charge in [-0.3, -0.25) is 0 Å². The molecule has 1 saturated heterocycles. The van der Waals surface area contributed by atoms with E-state index in [0.717, 1.165) is 31.6 Å². The Bertz CT molecular complexity index is 472. The second kappa shape index (κ2) is 7.52. The Hall–Kier alpha value is -1.71. The van der Waals surface area contributed by atoms with Gasteiger partial charge in [-0.15, -0.1) is 0 Å². The number of amides is 2. The van der Waals surface area contributed by atoms with Crippen LogP contribution in [0.15, 0.2) is 24.3 Å². The first-order valence-electron chi connectivity index (χ1n) is 8.74. The third-order valence-electron chi connectivity index (χ3n) is 4.79. The molecular formula is C18H27N3O. The monoisotopic (exact) mass is 301 g/mol. The highest BCUT2D eigenvalue weighted by atomic mass is 16.2. The van der Waals surface area contributed by atoms with Crippen LogP contribution in [0, 0.1) is 0 Å². The predicted octanol–water partition coefficient (Wildman–Crippen LogP) is 4.13. The van der Waals surface area contributed by atoms with Gasteiger partial charge < -0.3 is 15.5 Å². The smallest absolute Gasteiger partial charge is 0.319 e. The highest BCUT2D eigenvalue weighted by Gasteiger charge is 2.15. The summed E-state index contributed by atoms with van der Waals surface area (Å²) in [7, 11) is 0. The molecule has 0 bridgehead atoms. The van der Waals surface area contributed by atoms with Crippen LogP contribution in [0.25, 0.3) is 0 Å². The SMILES string of the molecule is O=C(Nc1ccc(N2CCCC2)cc1)NC1CCCCCC1. The molecule has 1 aromatic rings. The number of hydrogen-bond donors (Lipinski definition) is 2. The first kappa shape index (κ1) is 15.2. The van der Waals surface area contributed by atoms with Gasteiger partial charge in [0.25, 0.3) is 0 Å². The molecule has 0 atom stereocenters. The summed E-state index contributed by atoms with van der Waals surface area (Å²) in [6, 6.07) is 8.48. The minimum atomic E-state index is -0.0687. The van der Waals surface area contributed by atoms with Crippen LogP contribution in [-0.2, 0) is 0 Å². The second-order valence-corrected chi connectivity index (χ2v) is 6.53. The zero-order valence-electron chi connectivity index (χ0n) is 13.3. The van der Waals surface area contributed by atoms with Gasteiger partial charge in [-0.25, -0.2) is 4.79 Å². The molecule has 0 radical (unpaired) electrons. The van der Waals surface area contributed by atoms with Crippen molar-refractivity contribution < 1.29 is 4.79 Å². The van der Waals surface area contributed by atoms with Gasteiger partial charge >= 0.3 is 6.03 Å². The summed E-state index contributed by atoms with van der Waals surface area (Å²) in [5.74, 6) is 0. The fraction of sp³-hybridized carbons (Fsp3) is 0.611. The fourth-order valence-corrected chi connectivity index (χ4v) is 3.51. The molecule has 2 N–H and O–H groups in total. The van der Waals surface area contributed by atoms with Crippen molar-refractivity contribution in [3.63, 3.8) is 0 Å². The fourth-order valence-electron chi connectivity index (χ4n) is 3.51. The third kappa shape index (κ3) is 4.15. The summed E-state index contributed by atoms with van der Waals surface area (Å²) < 4.78 is 0. The Morgan fingerprint density at radius 1 is 0.909 bits per heavy atom. The minimum Gasteiger partial charge on any atom is -0.372 e. The number of carbonyl (C=O) groups is 1. The highest BCUT2D eigenvalue weighted by Crippen LogP contribution is 2.22. The van der Waals surface area contributed by atoms with Crippen molar-refractivity contribution in [3.05, 3.63) is 24.3 Å². The normalized spacial score (nSPS) is 19.7. The highest BCUT2D eigenvalue weighted by molar-refractivity contribution is 5.89. The van der Waals surface area contributed by atoms with Crippen molar-refractivity contribution in [1.82, 2.24) is 5.32 Å². The van der Waals surface area contributed by atoms with E-state index < -0.39 is 0 Å². The topological polar surface area (TPSA) is 44.4 Å². The molecule has 0 unspecified atom stereocenters. The van der Waals surface area contributed by atoms with E-state index in [4.69, 9.17) is 0 Å². The molecule has 120 valence electrons. The molecule has 1 aliphatic carbocycles. The molecule has 0 spiro atoms. The number of anilines is 2. The number of urea groups is 1. The molecule has 1 heterocycles. The molecule has 1 saturated carbocycles. The van der Waals surface area contributed by atoms with Gasteiger partial charge in [-0.2, -0.15) is 0 Å². The number of rotatable bonds is 3. The Labute approximate surface area is 133 Å². The molecule has 2 amide bonds. The van der Waals surface area contributed by atoms with Crippen LogP contribution in [0.3, 0.4) is 0 Å². The van der Waals surface area contributed by atoms with Crippen LogP contribution in [-0.4, -0.2) is 25.2 Å². The Kier molecular flexibility index (Phi) is 5.20. The van der Waals surface area contributed by atoms with Crippen molar-refractivity contribution in [3.8, 4) is 0 Å². The van der Waals surface area contributed by atoms with Gasteiger partial charge in [0, 0.05) is 30.5 Å². The third-order valence-corrected chi connectivity index (χ3v) is 4.79. The maximum atomic E-state index is 12.1. The van der Waals surface area contributed by atoms with Crippen LogP contribution < -0.4 is 15.5 Å². The van der Waals surface area contributed by atoms with E-state index in [1.54, 1.807) is 0 Å². The van der Waals surface area contributed by atoms with Crippen LogP contribution in [0.4, 0.5) is 16.2 Å². The Morgan fingerprint density at radius 2 is 1.55 bits per heavy atom. The zero-order chi connectivity index (χ0) is 15.2. The Morgan fingerprint density at radius 3 is 2.18 bits per heavy atom. The van der Waals surface area contributed by atoms with Gasteiger partial charge in [-0.1, -0.05) is 25.7 Å². The quantitative estimate of drug-likeness (QED) is 0.824. The van der Waals surface area contributed by atoms with E-state index in [0.29, 0.717) is 6.04 Å². The van der Waals surface area contributed by atoms with Gasteiger partial charge in [0.05, 0.1) is 0 Å². The molecule has 0 aromatic heterocycles. The van der Waals surface area contributed by atoms with E-state index in [9.17, 15) is 4.79 Å². The maximum Gasteiger partial charge on any atom is 0.319 e. The molecule has 22 heavy (non-hydrogen) atoms. The standard InChI is InChI=1S/C18H27N3O/c22-18(19-15-7-3-1-2-4-8-15)20-16-9-11-17(12-10-16)21-13-5-6-14-21/h9-12,15H,1-8,13-14H2,(H2,19,20,22). The first-order valence-corrected chi connectivity index (χ1v) is 8.74. The van der Waals surface area contributed by atoms with Crippen molar-refractivity contribution in [2.24, 2.45) is 0 Å². The van der Waals surface area contributed by atoms with Crippen LogP contribution in [0.2, 0.25) is 0 Å². The average Bonchev–Trinajstić information content (AvgIpc) is 2.94. The summed E-state index contributed by atoms with van der Waals surface area (Å²) in [6.07, 6.45) is 9.86. The van der Waals surface area contributed by atoms with E-state index in [1.165, 1.54) is 44.2 Å². The Balaban J connectivity index is 1.50. The average molecular weight is 301 g/mol. The van der Waals surface area contributed by atoms with Crippen molar-refractivity contribution in [1.29, 1.82) is 0 Å². The zero-order valence-corrected chi connectivity index (χ0v) is 13.3. The number of hydrogen-bond acceptors (Lipinski definition) is 2. The molecule has 2 fully saturated rings. The minimum absolute atomic E-state index is 0.0687. The van der Waals surface area contributed by atoms with E-state index in [1.807, 2.05) is 12.1 Å². The van der Waals surface area contributed by atoms with E-state index >= 15 is 0 Å². The van der Waals surface area contributed by atoms with Crippen molar-refractivity contribution in [2.45, 2.75) is 57.4 Å². The maximum absolute atomic E-state index is 12.1. The number of nitrogens with one attached hydrogen (secondary N) is 2. The van der Waals surface area contributed by atoms with Gasteiger partial charge in [-0.05, 0) is 49.9 Å². The lowest BCUT2D eigenvalue weighted by molar-refractivity contribution is 0.247. The van der Waals surface area contributed by atoms with E-state index in [2.05, 4.69) is 27.7 Å². The molecule has 1 aromatic carbocycles. The largest absolute Gasteiger partial charge is 0.372 e. The summed E-state index contributed by atoms with van der Waals surface area (Å²) >= 11 is 0. The first-order chi connectivity index (χ1) is 10.8. The van der Waals surface area contributed by atoms with Gasteiger partial charge in [0.1, 0.15) is 0 Å². The van der Waals surface area contributed by atoms with Crippen LogP contribution >= 0.6 is 0 Å². The summed E-state index contributed by atoms with van der Waals surface area (Å²) in [5, 5.41) is 6.08. The number of benzene rings is 1. The lowest BCUT2D eigenvalue weighted by atomic mass is 10.1. The summed E-state index contributed by atoms with van der Waals surface area (Å²) in [6.45, 7) is 2.30. The molecule has 4 nitrogen and oxygen atoms in total. The van der Waals surface area contributed by atoms with E-state index in [-0.39, 0.29) is 6.03 Å². The molecule has 1 aliphatic heterocycles. The molecule has 2 aliphatic rings. The molecule has 3 rings (SSSR count). The van der Waals surface area contributed by atoms with Gasteiger partial charge in [0.15, 0.2) is 0 Å². The van der Waals surface area contributed by atoms with Gasteiger partial charge in [0.2, 0.25) is 0 Å². The number of carbonyl (C=O) groups excluding carboxylic acids is 1. The summed E-state index contributed by atoms with van der Waals surface area (Å²) in [5.41, 5.74) is 2.13. The number of nitrogens with zero attached hydrogens (tertiary/aromatic N) is 1. The second-order valence-electron chi connectivity index (χ2n) is 6.53. The lowest BCUT2D eigenvalue weighted by Crippen LogP contribution is -2.37. The van der Waals surface area contributed by atoms with Crippen molar-refractivity contribution in [2.75, 3.05) is 23.3 Å². The van der Waals surface area contributed by atoms with Crippen molar-refractivity contribution >= 4 is 17.4 Å². The lowest BCUT2D eigenvalue weighted by Gasteiger charge is -2.19. The molecule has 4 heteroatoms. The summed E-state index contributed by atoms with van der Waals surface area (Å²) in [4.78, 5) is 14.5. The molecular weight excluding hydrogens is 274 g/mol. The predicted molar refractivity (Wildman–Crippen MR) is 91.5 cm³/mol. The van der Waals surface area contributed by atoms with Crippen LogP contribution in [0.1, 0.15) is 51.4 Å².